The van der Waals surface area contributed by atoms with Gasteiger partial charge in [-0.2, -0.15) is 0 Å². The topological polar surface area (TPSA) is 38.7 Å². The van der Waals surface area contributed by atoms with E-state index in [9.17, 15) is 5.11 Å². The van der Waals surface area contributed by atoms with Crippen molar-refractivity contribution in [2.24, 2.45) is 0 Å². The van der Waals surface area contributed by atoms with Gasteiger partial charge in [-0.25, -0.2) is 4.39 Å². The SMILES string of the molecule is C=C.C=C/C(=C\C)COc1cc(C=C)c(C(O)/C(=C/C=C\C)c2cccc(CC)c2)c(C)c1F.CC.CCOC. The third-order valence-corrected chi connectivity index (χ3v) is 5.79. The van der Waals surface area contributed by atoms with Gasteiger partial charge in [0.15, 0.2) is 11.6 Å². The summed E-state index contributed by atoms with van der Waals surface area (Å²) in [5.41, 5.74) is 5.07. The van der Waals surface area contributed by atoms with E-state index in [1.165, 1.54) is 5.56 Å². The van der Waals surface area contributed by atoms with Crippen LogP contribution in [0.5, 0.6) is 5.75 Å². The van der Waals surface area contributed by atoms with E-state index in [1.807, 2.05) is 71.1 Å². The second kappa shape index (κ2) is 23.4. The number of allylic oxidation sites excluding steroid dienone is 4. The monoisotopic (exact) mass is 550 g/mol. The average Bonchev–Trinajstić information content (AvgIpc) is 3.01. The maximum absolute atomic E-state index is 15.3. The summed E-state index contributed by atoms with van der Waals surface area (Å²) in [6.07, 6.45) is 10.7. The standard InChI is InChI=1S/C29H33FO2.C3H8O.C2H6.C2H4/c1-7-12-16-25(24-15-13-14-22(10-4)17-24)29(31)27-20(6)28(30)26(18-23(27)11-5)32-19-21(8-2)9-3;1-3-4-2;2*1-2/h7-9,11-18,29,31H,2,5,10,19H2,1,3-4,6H3;3H2,1-2H3;1-2H3;1-2H2/b12-7-,21-9+,25-16+;;;. The van der Waals surface area contributed by atoms with Crippen molar-refractivity contribution in [3.63, 3.8) is 0 Å². The van der Waals surface area contributed by atoms with Crippen LogP contribution in [0.15, 0.2) is 92.6 Å². The number of hydrogen-bond acceptors (Lipinski definition) is 3. The highest BCUT2D eigenvalue weighted by atomic mass is 19.1. The van der Waals surface area contributed by atoms with Crippen LogP contribution in [0.1, 0.15) is 75.5 Å². The Morgan fingerprint density at radius 3 is 2.20 bits per heavy atom. The van der Waals surface area contributed by atoms with Crippen LogP contribution in [0.3, 0.4) is 0 Å². The molecule has 0 spiro atoms. The summed E-state index contributed by atoms with van der Waals surface area (Å²) < 4.78 is 25.5. The van der Waals surface area contributed by atoms with Crippen molar-refractivity contribution in [1.29, 1.82) is 0 Å². The summed E-state index contributed by atoms with van der Waals surface area (Å²) in [5.74, 6) is -0.363. The highest BCUT2D eigenvalue weighted by Gasteiger charge is 2.24. The van der Waals surface area contributed by atoms with Crippen molar-refractivity contribution in [2.45, 2.75) is 61.0 Å². The fourth-order valence-corrected chi connectivity index (χ4v) is 3.53. The lowest BCUT2D eigenvalue weighted by molar-refractivity contribution is 0.215. The zero-order chi connectivity index (χ0) is 31.1. The Morgan fingerprint density at radius 2 is 1.73 bits per heavy atom. The number of ether oxygens (including phenoxy) is 2. The molecular weight excluding hydrogens is 499 g/mol. The van der Waals surface area contributed by atoms with Crippen molar-refractivity contribution in [3.8, 4) is 5.75 Å². The van der Waals surface area contributed by atoms with Crippen LogP contribution >= 0.6 is 0 Å². The summed E-state index contributed by atoms with van der Waals surface area (Å²) in [4.78, 5) is 0. The number of rotatable bonds is 11. The number of benzene rings is 2. The minimum absolute atomic E-state index is 0.126. The molecule has 2 rings (SSSR count). The second-order valence-electron chi connectivity index (χ2n) is 8.06. The molecule has 220 valence electrons. The number of methoxy groups -OCH3 is 1. The van der Waals surface area contributed by atoms with Gasteiger partial charge in [0.25, 0.3) is 0 Å². The van der Waals surface area contributed by atoms with Gasteiger partial charge in [-0.15, -0.1) is 13.2 Å². The first-order chi connectivity index (χ1) is 19.3. The van der Waals surface area contributed by atoms with E-state index < -0.39 is 11.9 Å². The maximum Gasteiger partial charge on any atom is 0.168 e. The zero-order valence-electron chi connectivity index (χ0n) is 26.0. The zero-order valence-corrected chi connectivity index (χ0v) is 26.0. The van der Waals surface area contributed by atoms with E-state index >= 15 is 4.39 Å². The number of halogens is 1. The Labute approximate surface area is 243 Å². The van der Waals surface area contributed by atoms with E-state index in [4.69, 9.17) is 4.74 Å². The van der Waals surface area contributed by atoms with Crippen molar-refractivity contribution >= 4 is 11.6 Å². The van der Waals surface area contributed by atoms with E-state index in [0.29, 0.717) is 22.3 Å². The molecule has 0 saturated carbocycles. The van der Waals surface area contributed by atoms with E-state index in [2.05, 4.69) is 50.1 Å². The molecule has 0 amide bonds. The molecule has 0 aliphatic rings. The van der Waals surface area contributed by atoms with Crippen molar-refractivity contribution in [1.82, 2.24) is 0 Å². The molecule has 2 aromatic rings. The molecule has 4 heteroatoms. The Balaban J connectivity index is 0. The molecular formula is C36H51FO3. The normalized spacial score (nSPS) is 11.7. The minimum Gasteiger partial charge on any atom is -0.486 e. The van der Waals surface area contributed by atoms with Crippen molar-refractivity contribution in [3.05, 3.63) is 126 Å². The average molecular weight is 551 g/mol. The van der Waals surface area contributed by atoms with E-state index in [1.54, 1.807) is 32.3 Å². The molecule has 0 aliphatic heterocycles. The third-order valence-electron chi connectivity index (χ3n) is 5.79. The molecule has 0 heterocycles. The predicted octanol–water partition coefficient (Wildman–Crippen LogP) is 10.0. The van der Waals surface area contributed by atoms with Gasteiger partial charge in [0.1, 0.15) is 12.7 Å². The van der Waals surface area contributed by atoms with Crippen LogP contribution in [0.2, 0.25) is 0 Å². The highest BCUT2D eigenvalue weighted by molar-refractivity contribution is 5.75. The molecule has 0 saturated heterocycles. The Kier molecular flexibility index (Phi) is 22.6. The van der Waals surface area contributed by atoms with Crippen molar-refractivity contribution in [2.75, 3.05) is 20.3 Å². The van der Waals surface area contributed by atoms with E-state index in [0.717, 1.165) is 24.2 Å². The summed E-state index contributed by atoms with van der Waals surface area (Å²) in [6.45, 7) is 28.2. The van der Waals surface area contributed by atoms with Crippen LogP contribution in [0, 0.1) is 12.7 Å². The van der Waals surface area contributed by atoms with Crippen molar-refractivity contribution < 1.29 is 19.0 Å². The van der Waals surface area contributed by atoms with Gasteiger partial charge < -0.3 is 14.6 Å². The van der Waals surface area contributed by atoms with Crippen LogP contribution in [0.25, 0.3) is 11.6 Å². The summed E-state index contributed by atoms with van der Waals surface area (Å²) in [5, 5.41) is 11.4. The number of hydrogen-bond donors (Lipinski definition) is 1. The number of aryl methyl sites for hydroxylation is 1. The lowest BCUT2D eigenvalue weighted by atomic mass is 9.88. The quantitative estimate of drug-likeness (QED) is 0.223. The molecule has 0 aromatic heterocycles. The number of aliphatic hydroxyl groups excluding tert-OH is 1. The highest BCUT2D eigenvalue weighted by Crippen LogP contribution is 2.38. The number of aliphatic hydroxyl groups is 1. The predicted molar refractivity (Wildman–Crippen MR) is 174 cm³/mol. The van der Waals surface area contributed by atoms with Gasteiger partial charge in [-0.3, -0.25) is 0 Å². The van der Waals surface area contributed by atoms with Crippen LogP contribution < -0.4 is 4.74 Å². The summed E-state index contributed by atoms with van der Waals surface area (Å²) in [6, 6.07) is 9.64. The molecule has 0 radical (unpaired) electrons. The van der Waals surface area contributed by atoms with Crippen LogP contribution in [0.4, 0.5) is 4.39 Å². The van der Waals surface area contributed by atoms with Gasteiger partial charge in [0.05, 0.1) is 0 Å². The van der Waals surface area contributed by atoms with Gasteiger partial charge >= 0.3 is 0 Å². The summed E-state index contributed by atoms with van der Waals surface area (Å²) in [7, 11) is 1.68. The smallest absolute Gasteiger partial charge is 0.168 e. The van der Waals surface area contributed by atoms with Crippen LogP contribution in [-0.2, 0) is 11.2 Å². The molecule has 0 bridgehead atoms. The lowest BCUT2D eigenvalue weighted by Crippen LogP contribution is -2.10. The molecule has 0 fully saturated rings. The second-order valence-corrected chi connectivity index (χ2v) is 8.06. The summed E-state index contributed by atoms with van der Waals surface area (Å²) >= 11 is 0. The Bertz CT molecular complexity index is 1110. The first kappa shape index (κ1) is 38.7. The van der Waals surface area contributed by atoms with E-state index in [-0.39, 0.29) is 12.4 Å². The minimum atomic E-state index is -1.03. The largest absolute Gasteiger partial charge is 0.486 e. The molecule has 1 N–H and O–H groups in total. The van der Waals surface area contributed by atoms with Gasteiger partial charge in [-0.05, 0) is 79.1 Å². The Morgan fingerprint density at radius 1 is 1.10 bits per heavy atom. The molecule has 0 aliphatic carbocycles. The lowest BCUT2D eigenvalue weighted by Gasteiger charge is -2.22. The maximum atomic E-state index is 15.3. The Hall–Kier alpha value is -3.47. The fourth-order valence-electron chi connectivity index (χ4n) is 3.53. The fraction of sp³-hybridized carbons (Fsp3) is 0.333. The molecule has 2 aromatic carbocycles. The first-order valence-corrected chi connectivity index (χ1v) is 13.8. The molecule has 3 nitrogen and oxygen atoms in total. The molecule has 1 unspecified atom stereocenters. The van der Waals surface area contributed by atoms with Gasteiger partial charge in [-0.1, -0.05) is 94.7 Å². The van der Waals surface area contributed by atoms with Crippen LogP contribution in [-0.4, -0.2) is 25.4 Å². The molecule has 1 atom stereocenters. The van der Waals surface area contributed by atoms with Gasteiger partial charge in [0.2, 0.25) is 0 Å². The third kappa shape index (κ3) is 12.1. The van der Waals surface area contributed by atoms with Gasteiger partial charge in [0, 0.05) is 13.7 Å². The molecule has 40 heavy (non-hydrogen) atoms. The first-order valence-electron chi connectivity index (χ1n) is 13.8.